The molecule has 1 saturated heterocycles. The minimum atomic E-state index is -0.339. The highest BCUT2D eigenvalue weighted by Crippen LogP contribution is 2.34. The number of aromatic amines is 1. The van der Waals surface area contributed by atoms with Crippen molar-refractivity contribution in [3.05, 3.63) is 76.3 Å². The van der Waals surface area contributed by atoms with Crippen molar-refractivity contribution in [2.24, 2.45) is 0 Å². The second kappa shape index (κ2) is 10.9. The molecule has 6 rings (SSSR count). The van der Waals surface area contributed by atoms with Crippen LogP contribution in [0.1, 0.15) is 62.5 Å². The van der Waals surface area contributed by atoms with Gasteiger partial charge < -0.3 is 14.6 Å². The van der Waals surface area contributed by atoms with E-state index in [1.54, 1.807) is 0 Å². The molecule has 0 radical (unpaired) electrons. The number of para-hydroxylation sites is 1. The molecule has 1 unspecified atom stereocenters. The summed E-state index contributed by atoms with van der Waals surface area (Å²) in [6, 6.07) is 18.2. The number of rotatable bonds is 7. The molecular formula is C29H35N7O2. The summed E-state index contributed by atoms with van der Waals surface area (Å²) in [5.41, 5.74) is 2.59. The van der Waals surface area contributed by atoms with E-state index in [0.29, 0.717) is 12.2 Å². The van der Waals surface area contributed by atoms with Gasteiger partial charge in [-0.2, -0.15) is 0 Å². The monoisotopic (exact) mass is 513 g/mol. The third-order valence-corrected chi connectivity index (χ3v) is 7.93. The molecule has 2 aliphatic rings. The van der Waals surface area contributed by atoms with Crippen LogP contribution in [0.5, 0.6) is 5.75 Å². The normalized spacial score (nSPS) is 18.1. The average molecular weight is 514 g/mol. The SMILES string of the molecule is CCOc1ccc2[nH]c(=O)c(C(c3nnnn3C3CCCCC3)N3CCN(c4ccccc4)CC3)cc2c1. The lowest BCUT2D eigenvalue weighted by molar-refractivity contribution is 0.192. The van der Waals surface area contributed by atoms with Gasteiger partial charge in [-0.1, -0.05) is 37.5 Å². The Morgan fingerprint density at radius 2 is 1.79 bits per heavy atom. The van der Waals surface area contributed by atoms with Gasteiger partial charge in [0.05, 0.1) is 12.6 Å². The van der Waals surface area contributed by atoms with Crippen molar-refractivity contribution >= 4 is 16.6 Å². The maximum atomic E-state index is 13.6. The Morgan fingerprint density at radius 1 is 1.00 bits per heavy atom. The second-order valence-corrected chi connectivity index (χ2v) is 10.3. The van der Waals surface area contributed by atoms with Gasteiger partial charge in [0.25, 0.3) is 5.56 Å². The Balaban J connectivity index is 1.39. The fourth-order valence-electron chi connectivity index (χ4n) is 6.00. The summed E-state index contributed by atoms with van der Waals surface area (Å²) < 4.78 is 7.75. The van der Waals surface area contributed by atoms with Gasteiger partial charge in [0.15, 0.2) is 5.82 Å². The number of ether oxygens (including phenoxy) is 1. The number of benzene rings is 2. The first-order chi connectivity index (χ1) is 18.7. The van der Waals surface area contributed by atoms with Crippen LogP contribution in [-0.2, 0) is 0 Å². The molecule has 1 saturated carbocycles. The number of tetrazole rings is 1. The van der Waals surface area contributed by atoms with Crippen molar-refractivity contribution in [2.45, 2.75) is 51.1 Å². The molecule has 1 N–H and O–H groups in total. The zero-order valence-corrected chi connectivity index (χ0v) is 21.9. The van der Waals surface area contributed by atoms with E-state index in [0.717, 1.165) is 61.5 Å². The molecule has 38 heavy (non-hydrogen) atoms. The Hall–Kier alpha value is -3.72. The van der Waals surface area contributed by atoms with Gasteiger partial charge in [-0.15, -0.1) is 5.10 Å². The van der Waals surface area contributed by atoms with Gasteiger partial charge in [0, 0.05) is 48.3 Å². The number of hydrogen-bond acceptors (Lipinski definition) is 7. The van der Waals surface area contributed by atoms with Crippen molar-refractivity contribution in [3.8, 4) is 5.75 Å². The van der Waals surface area contributed by atoms with E-state index in [1.807, 2.05) is 41.9 Å². The minimum Gasteiger partial charge on any atom is -0.494 e. The Kier molecular flexibility index (Phi) is 7.09. The third-order valence-electron chi connectivity index (χ3n) is 7.93. The number of nitrogens with zero attached hydrogens (tertiary/aromatic N) is 6. The topological polar surface area (TPSA) is 92.2 Å². The number of fused-ring (bicyclic) bond motifs is 1. The molecule has 2 aromatic heterocycles. The molecule has 3 heterocycles. The smallest absolute Gasteiger partial charge is 0.253 e. The first kappa shape index (κ1) is 24.6. The maximum absolute atomic E-state index is 13.6. The predicted octanol–water partition coefficient (Wildman–Crippen LogP) is 4.33. The highest BCUT2D eigenvalue weighted by atomic mass is 16.5. The van der Waals surface area contributed by atoms with Crippen molar-refractivity contribution in [1.29, 1.82) is 0 Å². The highest BCUT2D eigenvalue weighted by molar-refractivity contribution is 5.80. The molecular weight excluding hydrogens is 478 g/mol. The molecule has 4 aromatic rings. The Morgan fingerprint density at radius 3 is 2.55 bits per heavy atom. The van der Waals surface area contributed by atoms with Crippen LogP contribution in [0.25, 0.3) is 10.9 Å². The number of H-pyrrole nitrogens is 1. The van der Waals surface area contributed by atoms with Gasteiger partial charge in [-0.05, 0) is 66.6 Å². The molecule has 9 nitrogen and oxygen atoms in total. The van der Waals surface area contributed by atoms with Crippen LogP contribution in [0, 0.1) is 0 Å². The summed E-state index contributed by atoms with van der Waals surface area (Å²) >= 11 is 0. The number of pyridine rings is 1. The molecule has 198 valence electrons. The summed E-state index contributed by atoms with van der Waals surface area (Å²) in [4.78, 5) is 21.5. The quantitative estimate of drug-likeness (QED) is 0.393. The van der Waals surface area contributed by atoms with E-state index in [9.17, 15) is 4.79 Å². The van der Waals surface area contributed by atoms with Gasteiger partial charge in [-0.25, -0.2) is 4.68 Å². The van der Waals surface area contributed by atoms with Gasteiger partial charge in [0.1, 0.15) is 11.8 Å². The number of aromatic nitrogens is 5. The number of anilines is 1. The number of hydrogen-bond donors (Lipinski definition) is 1. The number of piperazine rings is 1. The van der Waals surface area contributed by atoms with E-state index in [1.165, 1.54) is 24.9 Å². The van der Waals surface area contributed by atoms with Crippen molar-refractivity contribution < 1.29 is 4.74 Å². The van der Waals surface area contributed by atoms with Crippen molar-refractivity contribution in [1.82, 2.24) is 30.1 Å². The molecule has 2 aromatic carbocycles. The van der Waals surface area contributed by atoms with Crippen molar-refractivity contribution in [3.63, 3.8) is 0 Å². The molecule has 1 atom stereocenters. The molecule has 9 heteroatoms. The molecule has 0 bridgehead atoms. The van der Waals surface area contributed by atoms with E-state index >= 15 is 0 Å². The first-order valence-electron chi connectivity index (χ1n) is 13.8. The molecule has 0 amide bonds. The molecule has 1 aliphatic heterocycles. The maximum Gasteiger partial charge on any atom is 0.253 e. The third kappa shape index (κ3) is 4.90. The number of nitrogens with one attached hydrogen (secondary N) is 1. The van der Waals surface area contributed by atoms with Crippen LogP contribution in [-0.4, -0.2) is 62.9 Å². The van der Waals surface area contributed by atoms with Crippen LogP contribution in [0.15, 0.2) is 59.4 Å². The summed E-state index contributed by atoms with van der Waals surface area (Å²) in [7, 11) is 0. The summed E-state index contributed by atoms with van der Waals surface area (Å²) in [5.74, 6) is 1.55. The zero-order chi connectivity index (χ0) is 25.9. The zero-order valence-electron chi connectivity index (χ0n) is 21.9. The van der Waals surface area contributed by atoms with Gasteiger partial charge in [0.2, 0.25) is 0 Å². The van der Waals surface area contributed by atoms with E-state index < -0.39 is 0 Å². The van der Waals surface area contributed by atoms with Crippen LogP contribution in [0.4, 0.5) is 5.69 Å². The summed E-state index contributed by atoms with van der Waals surface area (Å²) in [6.07, 6.45) is 5.75. The van der Waals surface area contributed by atoms with E-state index in [2.05, 4.69) is 54.6 Å². The standard InChI is InChI=1S/C29H35N7O2/c1-2-38-24-13-14-26-21(19-24)20-25(29(37)30-26)27(28-31-32-33-36(28)23-11-7-4-8-12-23)35-17-15-34(16-18-35)22-9-5-3-6-10-22/h3,5-6,9-10,13-14,19-20,23,27H,2,4,7-8,11-12,15-18H2,1H3,(H,30,37). The van der Waals surface area contributed by atoms with Gasteiger partial charge in [-0.3, -0.25) is 9.69 Å². The summed E-state index contributed by atoms with van der Waals surface area (Å²) in [6.45, 7) is 5.89. The lowest BCUT2D eigenvalue weighted by Gasteiger charge is -2.40. The van der Waals surface area contributed by atoms with E-state index in [-0.39, 0.29) is 17.6 Å². The second-order valence-electron chi connectivity index (χ2n) is 10.3. The van der Waals surface area contributed by atoms with Crippen LogP contribution in [0.3, 0.4) is 0 Å². The fraction of sp³-hybridized carbons (Fsp3) is 0.448. The highest BCUT2D eigenvalue weighted by Gasteiger charge is 2.34. The first-order valence-corrected chi connectivity index (χ1v) is 13.8. The van der Waals surface area contributed by atoms with Crippen molar-refractivity contribution in [2.75, 3.05) is 37.7 Å². The minimum absolute atomic E-state index is 0.102. The van der Waals surface area contributed by atoms with Crippen LogP contribution < -0.4 is 15.2 Å². The van der Waals surface area contributed by atoms with Crippen LogP contribution in [0.2, 0.25) is 0 Å². The lowest BCUT2D eigenvalue weighted by Crippen LogP contribution is -2.49. The predicted molar refractivity (Wildman–Crippen MR) is 148 cm³/mol. The average Bonchev–Trinajstić information content (AvgIpc) is 3.45. The molecule has 0 spiro atoms. The summed E-state index contributed by atoms with van der Waals surface area (Å²) in [5, 5.41) is 14.1. The molecule has 1 aliphatic carbocycles. The lowest BCUT2D eigenvalue weighted by atomic mass is 9.95. The fourth-order valence-corrected chi connectivity index (χ4v) is 6.00. The van der Waals surface area contributed by atoms with Gasteiger partial charge >= 0.3 is 0 Å². The Labute approximate surface area is 222 Å². The molecule has 2 fully saturated rings. The van der Waals surface area contributed by atoms with E-state index in [4.69, 9.17) is 4.74 Å². The Bertz CT molecular complexity index is 1420. The largest absolute Gasteiger partial charge is 0.494 e. The van der Waals surface area contributed by atoms with Crippen LogP contribution >= 0.6 is 0 Å².